The van der Waals surface area contributed by atoms with E-state index in [0.29, 0.717) is 72.9 Å². The third kappa shape index (κ3) is 13.0. The van der Waals surface area contributed by atoms with Crippen LogP contribution < -0.4 is 28.4 Å². The molecule has 0 aliphatic rings. The van der Waals surface area contributed by atoms with Gasteiger partial charge in [0.15, 0.2) is 17.6 Å². The normalized spacial score (nSPS) is 12.5. The molecule has 0 aliphatic heterocycles. The van der Waals surface area contributed by atoms with Gasteiger partial charge >= 0.3 is 0 Å². The molecule has 0 saturated carbocycles. The van der Waals surface area contributed by atoms with Crippen LogP contribution in [0.3, 0.4) is 0 Å². The molecule has 0 bridgehead atoms. The molecule has 0 saturated heterocycles. The van der Waals surface area contributed by atoms with E-state index in [9.17, 15) is 5.11 Å². The third-order valence-corrected chi connectivity index (χ3v) is 8.62. The lowest BCUT2D eigenvalue weighted by Gasteiger charge is -2.27. The molecular weight excluding hydrogens is 739 g/mol. The number of alkyl halides is 1. The van der Waals surface area contributed by atoms with E-state index in [4.69, 9.17) is 28.4 Å². The molecule has 0 aliphatic carbocycles. The van der Waals surface area contributed by atoms with E-state index in [2.05, 4.69) is 73.1 Å². The van der Waals surface area contributed by atoms with Crippen molar-refractivity contribution < 1.29 is 33.5 Å². The predicted octanol–water partition coefficient (Wildman–Crippen LogP) is 10.1. The Morgan fingerprint density at radius 2 is 1.05 bits per heavy atom. The second-order valence-corrected chi connectivity index (χ2v) is 12.6. The van der Waals surface area contributed by atoms with Crippen LogP contribution in [-0.2, 0) is 0 Å². The van der Waals surface area contributed by atoms with Crippen LogP contribution in [-0.4, -0.2) is 49.6 Å². The van der Waals surface area contributed by atoms with Gasteiger partial charge in [0.1, 0.15) is 23.4 Å². The van der Waals surface area contributed by atoms with Crippen molar-refractivity contribution in [3.63, 3.8) is 0 Å². The molecule has 250 valence electrons. The summed E-state index contributed by atoms with van der Waals surface area (Å²) in [6, 6.07) is 7.66. The number of aliphatic hydroxyl groups is 1. The van der Waals surface area contributed by atoms with E-state index in [1.165, 1.54) is 0 Å². The summed E-state index contributed by atoms with van der Waals surface area (Å²) in [6.07, 6.45) is 8.18. The van der Waals surface area contributed by atoms with E-state index in [-0.39, 0.29) is 0 Å². The van der Waals surface area contributed by atoms with Crippen molar-refractivity contribution in [3.8, 4) is 34.5 Å². The molecule has 9 heteroatoms. The van der Waals surface area contributed by atoms with E-state index in [1.54, 1.807) is 0 Å². The Labute approximate surface area is 287 Å². The number of unbranched alkanes of at least 4 members (excludes halogenated alkanes) is 5. The number of halogens is 2. The number of hydrogen-bond acceptors (Lipinski definition) is 7. The van der Waals surface area contributed by atoms with Crippen LogP contribution in [0.4, 0.5) is 0 Å². The van der Waals surface area contributed by atoms with E-state index in [0.717, 1.165) is 73.3 Å². The van der Waals surface area contributed by atoms with Gasteiger partial charge in [-0.15, -0.1) is 0 Å². The predicted molar refractivity (Wildman–Crippen MR) is 191 cm³/mol. The Hall–Kier alpha value is -1.59. The lowest BCUT2D eigenvalue weighted by molar-refractivity contribution is 0.0505. The van der Waals surface area contributed by atoms with Crippen molar-refractivity contribution in [2.75, 3.05) is 38.4 Å². The molecule has 0 amide bonds. The highest BCUT2D eigenvalue weighted by atomic mass is 127. The van der Waals surface area contributed by atoms with Crippen LogP contribution in [0, 0.1) is 3.57 Å². The SMILES string of the molecule is CCCCOc1cc(OCCCC)c(I)c(O[C@@H](c2cc(OCCCC)c(OCCCC)c(OCCCC)c2)[C@H](O)CBr)c1. The minimum absolute atomic E-state index is 0.313. The highest BCUT2D eigenvalue weighted by Gasteiger charge is 2.28. The average molecular weight is 794 g/mol. The van der Waals surface area contributed by atoms with Gasteiger partial charge < -0.3 is 33.5 Å². The third-order valence-electron chi connectivity index (χ3n) is 6.89. The first-order valence-electron chi connectivity index (χ1n) is 16.5. The maximum atomic E-state index is 11.3. The largest absolute Gasteiger partial charge is 0.493 e. The number of benzene rings is 2. The summed E-state index contributed by atoms with van der Waals surface area (Å²) in [5.41, 5.74) is 0.736. The summed E-state index contributed by atoms with van der Waals surface area (Å²) >= 11 is 5.74. The Bertz CT molecular complexity index is 1040. The minimum Gasteiger partial charge on any atom is -0.493 e. The van der Waals surface area contributed by atoms with Crippen molar-refractivity contribution in [1.29, 1.82) is 0 Å². The van der Waals surface area contributed by atoms with Gasteiger partial charge in [0.05, 0.1) is 36.6 Å². The number of ether oxygens (including phenoxy) is 6. The standard InChI is InChI=1S/C35H54BrIO7/c1-6-11-16-39-27-23-29(40-17-12-7-2)33(37)30(24-27)44-34(28(38)25-36)26-21-31(41-18-13-8-3)35(43-20-15-10-5)32(22-26)42-19-14-9-4/h21-24,28,34,38H,6-20,25H2,1-5H3/t28-,34+/m1/s1. The van der Waals surface area contributed by atoms with Crippen molar-refractivity contribution in [3.05, 3.63) is 33.4 Å². The quantitative estimate of drug-likeness (QED) is 0.0610. The van der Waals surface area contributed by atoms with Crippen molar-refractivity contribution >= 4 is 38.5 Å². The summed E-state index contributed by atoms with van der Waals surface area (Å²) in [4.78, 5) is 0. The van der Waals surface area contributed by atoms with Crippen molar-refractivity contribution in [2.24, 2.45) is 0 Å². The topological polar surface area (TPSA) is 75.6 Å². The second-order valence-electron chi connectivity index (χ2n) is 10.9. The number of aliphatic hydroxyl groups excluding tert-OH is 1. The molecule has 2 atom stereocenters. The number of rotatable bonds is 25. The minimum atomic E-state index is -0.862. The molecule has 0 aromatic heterocycles. The molecule has 2 aromatic carbocycles. The van der Waals surface area contributed by atoms with Gasteiger partial charge in [0.25, 0.3) is 0 Å². The van der Waals surface area contributed by atoms with Crippen LogP contribution in [0.2, 0.25) is 0 Å². The molecule has 7 nitrogen and oxygen atoms in total. The Kier molecular flexibility index (Phi) is 20.0. The summed E-state index contributed by atoms with van der Waals surface area (Å²) in [7, 11) is 0. The fraction of sp³-hybridized carbons (Fsp3) is 0.657. The molecular formula is C35H54BrIO7. The monoisotopic (exact) mass is 792 g/mol. The first-order chi connectivity index (χ1) is 21.4. The van der Waals surface area contributed by atoms with E-state index < -0.39 is 12.2 Å². The summed E-state index contributed by atoms with van der Waals surface area (Å²) in [5, 5.41) is 11.6. The highest BCUT2D eigenvalue weighted by molar-refractivity contribution is 14.1. The van der Waals surface area contributed by atoms with Crippen LogP contribution >= 0.6 is 38.5 Å². The maximum Gasteiger partial charge on any atom is 0.203 e. The van der Waals surface area contributed by atoms with Gasteiger partial charge in [-0.2, -0.15) is 0 Å². The zero-order valence-corrected chi connectivity index (χ0v) is 31.2. The fourth-order valence-electron chi connectivity index (χ4n) is 4.16. The fourth-order valence-corrected chi connectivity index (χ4v) is 5.09. The number of hydrogen-bond donors (Lipinski definition) is 1. The average Bonchev–Trinajstić information content (AvgIpc) is 3.02. The lowest BCUT2D eigenvalue weighted by atomic mass is 10.0. The molecule has 2 rings (SSSR count). The molecule has 0 unspecified atom stereocenters. The van der Waals surface area contributed by atoms with Crippen LogP contribution in [0.5, 0.6) is 34.5 Å². The summed E-state index contributed by atoms with van der Waals surface area (Å²) in [6.45, 7) is 13.6. The van der Waals surface area contributed by atoms with E-state index >= 15 is 0 Å². The first-order valence-corrected chi connectivity index (χ1v) is 18.7. The van der Waals surface area contributed by atoms with Gasteiger partial charge in [-0.05, 0) is 66.8 Å². The first kappa shape index (κ1) is 38.6. The Morgan fingerprint density at radius 1 is 0.614 bits per heavy atom. The summed E-state index contributed by atoms with van der Waals surface area (Å²) in [5.74, 6) is 3.78. The van der Waals surface area contributed by atoms with Crippen LogP contribution in [0.15, 0.2) is 24.3 Å². The van der Waals surface area contributed by atoms with Gasteiger partial charge in [-0.25, -0.2) is 0 Å². The molecule has 2 aromatic rings. The molecule has 0 radical (unpaired) electrons. The van der Waals surface area contributed by atoms with Crippen molar-refractivity contribution in [1.82, 2.24) is 0 Å². The molecule has 44 heavy (non-hydrogen) atoms. The molecule has 0 heterocycles. The molecule has 1 N–H and O–H groups in total. The lowest BCUT2D eigenvalue weighted by Crippen LogP contribution is -2.26. The van der Waals surface area contributed by atoms with Gasteiger partial charge in [0.2, 0.25) is 5.75 Å². The van der Waals surface area contributed by atoms with Gasteiger partial charge in [-0.1, -0.05) is 82.7 Å². The Morgan fingerprint density at radius 3 is 1.52 bits per heavy atom. The van der Waals surface area contributed by atoms with Crippen LogP contribution in [0.1, 0.15) is 110 Å². The molecule has 0 fully saturated rings. The molecule has 0 spiro atoms. The zero-order valence-electron chi connectivity index (χ0n) is 27.4. The second kappa shape index (κ2) is 22.8. The van der Waals surface area contributed by atoms with E-state index in [1.807, 2.05) is 24.3 Å². The zero-order chi connectivity index (χ0) is 32.2. The highest BCUT2D eigenvalue weighted by Crippen LogP contribution is 2.44. The smallest absolute Gasteiger partial charge is 0.203 e. The van der Waals surface area contributed by atoms with Gasteiger partial charge in [0, 0.05) is 23.0 Å². The van der Waals surface area contributed by atoms with Crippen LogP contribution in [0.25, 0.3) is 0 Å². The van der Waals surface area contributed by atoms with Gasteiger partial charge in [-0.3, -0.25) is 0 Å². The maximum absolute atomic E-state index is 11.3. The van der Waals surface area contributed by atoms with Crippen molar-refractivity contribution in [2.45, 2.75) is 111 Å². The Balaban J connectivity index is 2.60. The summed E-state index contributed by atoms with van der Waals surface area (Å²) < 4.78 is 38.6.